The van der Waals surface area contributed by atoms with Crippen molar-refractivity contribution >= 4 is 17.7 Å². The van der Waals surface area contributed by atoms with Gasteiger partial charge in [0, 0.05) is 12.6 Å². The van der Waals surface area contributed by atoms with E-state index in [4.69, 9.17) is 9.47 Å². The van der Waals surface area contributed by atoms with Gasteiger partial charge in [-0.2, -0.15) is 0 Å². The Morgan fingerprint density at radius 3 is 2.58 bits per heavy atom. The lowest BCUT2D eigenvalue weighted by Gasteiger charge is -2.31. The maximum absolute atomic E-state index is 13.9. The Labute approximate surface area is 252 Å². The predicted octanol–water partition coefficient (Wildman–Crippen LogP) is 2.81. The topological polar surface area (TPSA) is 129 Å². The van der Waals surface area contributed by atoms with Crippen LogP contribution in [0.1, 0.15) is 56.9 Å². The highest BCUT2D eigenvalue weighted by atomic mass is 16.5. The lowest BCUT2D eigenvalue weighted by Crippen LogP contribution is -2.57. The summed E-state index contributed by atoms with van der Waals surface area (Å²) in [5, 5.41) is 19.5. The highest BCUT2D eigenvalue weighted by Gasteiger charge is 2.36. The molecule has 2 fully saturated rings. The molecule has 0 radical (unpaired) electrons. The van der Waals surface area contributed by atoms with Crippen molar-refractivity contribution < 1.29 is 29.0 Å². The summed E-state index contributed by atoms with van der Waals surface area (Å²) < 4.78 is 11.9. The largest absolute Gasteiger partial charge is 0.494 e. The summed E-state index contributed by atoms with van der Waals surface area (Å²) in [5.41, 5.74) is 1.03. The van der Waals surface area contributed by atoms with Crippen molar-refractivity contribution in [3.8, 4) is 11.5 Å². The average molecular weight is 591 g/mol. The smallest absolute Gasteiger partial charge is 0.267 e. The van der Waals surface area contributed by atoms with Gasteiger partial charge in [0.15, 0.2) is 0 Å². The Balaban J connectivity index is 1.43. The molecule has 4 N–H and O–H groups in total. The van der Waals surface area contributed by atoms with Gasteiger partial charge in [-0.3, -0.25) is 19.3 Å². The van der Waals surface area contributed by atoms with E-state index in [1.807, 2.05) is 42.5 Å². The maximum atomic E-state index is 13.9. The van der Waals surface area contributed by atoms with Gasteiger partial charge in [0.1, 0.15) is 36.1 Å². The first-order chi connectivity index (χ1) is 21.0. The Kier molecular flexibility index (Phi) is 10.7. The van der Waals surface area contributed by atoms with Crippen molar-refractivity contribution in [1.82, 2.24) is 20.9 Å². The van der Waals surface area contributed by atoms with Crippen LogP contribution in [-0.2, 0) is 20.8 Å². The number of allylic oxidation sites excluding steroid dienone is 1. The Morgan fingerprint density at radius 1 is 1.00 bits per heavy atom. The third-order valence-electron chi connectivity index (χ3n) is 8.24. The lowest BCUT2D eigenvalue weighted by molar-refractivity contribution is -0.134. The molecule has 1 saturated carbocycles. The van der Waals surface area contributed by atoms with Crippen LogP contribution in [0.25, 0.3) is 0 Å². The number of aliphatic hydroxyl groups is 1. The number of carbonyl (C=O) groups is 3. The number of para-hydroxylation sites is 1. The van der Waals surface area contributed by atoms with Crippen LogP contribution in [-0.4, -0.2) is 71.8 Å². The van der Waals surface area contributed by atoms with Gasteiger partial charge in [-0.1, -0.05) is 49.2 Å². The molecule has 1 aliphatic carbocycles. The Hall–Kier alpha value is -3.89. The second-order valence-corrected chi connectivity index (χ2v) is 11.5. The molecule has 5 rings (SSSR count). The lowest BCUT2D eigenvalue weighted by atomic mass is 10.0. The number of rotatable bonds is 6. The fourth-order valence-electron chi connectivity index (χ4n) is 5.90. The van der Waals surface area contributed by atoms with Gasteiger partial charge in [0.05, 0.1) is 12.6 Å². The molecule has 3 aliphatic rings. The van der Waals surface area contributed by atoms with E-state index in [0.717, 1.165) is 37.7 Å². The number of likely N-dealkylation sites (tertiary alicyclic amines) is 1. The van der Waals surface area contributed by atoms with Gasteiger partial charge in [0.2, 0.25) is 5.91 Å². The van der Waals surface area contributed by atoms with Gasteiger partial charge >= 0.3 is 0 Å². The summed E-state index contributed by atoms with van der Waals surface area (Å²) in [6.07, 6.45) is 7.71. The highest BCUT2D eigenvalue weighted by Crippen LogP contribution is 2.23. The van der Waals surface area contributed by atoms with E-state index in [2.05, 4.69) is 16.0 Å². The number of amides is 3. The molecular weight excluding hydrogens is 548 g/mol. The molecule has 43 heavy (non-hydrogen) atoms. The van der Waals surface area contributed by atoms with Crippen molar-refractivity contribution in [1.29, 1.82) is 0 Å². The van der Waals surface area contributed by atoms with Gasteiger partial charge in [0.25, 0.3) is 11.8 Å². The van der Waals surface area contributed by atoms with E-state index in [-0.39, 0.29) is 24.3 Å². The first kappa shape index (κ1) is 30.6. The van der Waals surface area contributed by atoms with E-state index in [0.29, 0.717) is 50.3 Å². The molecule has 2 bridgehead atoms. The van der Waals surface area contributed by atoms with E-state index in [1.54, 1.807) is 23.1 Å². The summed E-state index contributed by atoms with van der Waals surface area (Å²) >= 11 is 0. The van der Waals surface area contributed by atoms with E-state index >= 15 is 0 Å². The standard InChI is InChI=1S/C33H42N4O6/c38-30-17-9-18-37(30)29-21-23-10-8-15-26(20-23)42-19-7-6-16-27(31(39)34-24-11-4-5-12-24)35-32(40)28(36-33(29)41)22-43-25-13-2-1-3-14-25/h1-3,8,10,13-16,20,24,28-30,38H,4-7,9,11-12,17-19,21-22H2,(H,34,39)(H,35,40)(H,36,41)/b27-16-/t28-,29-,30?/m0/s1. The van der Waals surface area contributed by atoms with Crippen molar-refractivity contribution in [3.05, 3.63) is 71.9 Å². The molecule has 1 saturated heterocycles. The first-order valence-electron chi connectivity index (χ1n) is 15.4. The monoisotopic (exact) mass is 590 g/mol. The number of nitrogens with zero attached hydrogens (tertiary/aromatic N) is 1. The zero-order valence-corrected chi connectivity index (χ0v) is 24.5. The number of nitrogens with one attached hydrogen (secondary N) is 3. The molecule has 0 aromatic heterocycles. The Morgan fingerprint density at radius 2 is 1.81 bits per heavy atom. The SMILES string of the molecule is O=C(NC1CCCC1)/C1=C/CCCOc2cccc(c2)C[C@H](N2CCCC2O)C(=O)N[C@@H](COc2ccccc2)C(=O)N1. The van der Waals surface area contributed by atoms with Crippen LogP contribution in [0.4, 0.5) is 0 Å². The number of ether oxygens (including phenoxy) is 2. The second kappa shape index (κ2) is 15.0. The van der Waals surface area contributed by atoms with Crippen LogP contribution < -0.4 is 25.4 Å². The molecular formula is C33H42N4O6. The van der Waals surface area contributed by atoms with Crippen LogP contribution in [0.2, 0.25) is 0 Å². The van der Waals surface area contributed by atoms with Gasteiger partial charge in [-0.25, -0.2) is 0 Å². The van der Waals surface area contributed by atoms with Crippen LogP contribution in [0, 0.1) is 0 Å². The molecule has 2 aromatic rings. The minimum Gasteiger partial charge on any atom is -0.494 e. The predicted molar refractivity (Wildman–Crippen MR) is 161 cm³/mol. The molecule has 10 nitrogen and oxygen atoms in total. The van der Waals surface area contributed by atoms with Gasteiger partial charge in [-0.15, -0.1) is 0 Å². The van der Waals surface area contributed by atoms with E-state index in [1.165, 1.54) is 0 Å². The van der Waals surface area contributed by atoms with Crippen molar-refractivity contribution in [2.24, 2.45) is 0 Å². The number of hydrogen-bond donors (Lipinski definition) is 4. The summed E-state index contributed by atoms with van der Waals surface area (Å²) in [7, 11) is 0. The minimum absolute atomic E-state index is 0.0748. The van der Waals surface area contributed by atoms with Crippen molar-refractivity contribution in [3.63, 3.8) is 0 Å². The zero-order valence-electron chi connectivity index (χ0n) is 24.5. The molecule has 2 heterocycles. The highest BCUT2D eigenvalue weighted by molar-refractivity contribution is 5.99. The fourth-order valence-corrected chi connectivity index (χ4v) is 5.90. The number of benzene rings is 2. The summed E-state index contributed by atoms with van der Waals surface area (Å²) in [6.45, 7) is 0.840. The molecule has 0 spiro atoms. The average Bonchev–Trinajstić information content (AvgIpc) is 3.69. The number of aliphatic hydroxyl groups excluding tert-OH is 1. The van der Waals surface area contributed by atoms with Gasteiger partial charge in [-0.05, 0) is 74.8 Å². The number of fused-ring (bicyclic) bond motifs is 2. The second-order valence-electron chi connectivity index (χ2n) is 11.5. The number of carbonyl (C=O) groups excluding carboxylic acids is 3. The minimum atomic E-state index is -1.10. The maximum Gasteiger partial charge on any atom is 0.267 e. The normalized spacial score (nSPS) is 25.6. The Bertz CT molecular complexity index is 1280. The fraction of sp³-hybridized carbons (Fsp3) is 0.485. The third-order valence-corrected chi connectivity index (χ3v) is 8.24. The zero-order chi connectivity index (χ0) is 30.0. The molecule has 1 unspecified atom stereocenters. The van der Waals surface area contributed by atoms with Crippen molar-refractivity contribution in [2.45, 2.75) is 82.1 Å². The third kappa shape index (κ3) is 8.58. The molecule has 2 aromatic carbocycles. The van der Waals surface area contributed by atoms with E-state index < -0.39 is 30.1 Å². The van der Waals surface area contributed by atoms with Crippen molar-refractivity contribution in [2.75, 3.05) is 19.8 Å². The molecule has 10 heteroatoms. The van der Waals surface area contributed by atoms with Crippen LogP contribution in [0.3, 0.4) is 0 Å². The molecule has 230 valence electrons. The van der Waals surface area contributed by atoms with Gasteiger partial charge < -0.3 is 30.5 Å². The summed E-state index contributed by atoms with van der Waals surface area (Å²) in [4.78, 5) is 42.7. The molecule has 3 atom stereocenters. The quantitative estimate of drug-likeness (QED) is 0.407. The van der Waals surface area contributed by atoms with Crippen LogP contribution in [0.5, 0.6) is 11.5 Å². The summed E-state index contributed by atoms with van der Waals surface area (Å²) in [6, 6.07) is 14.9. The summed E-state index contributed by atoms with van der Waals surface area (Å²) in [5.74, 6) is -0.0616. The van der Waals surface area contributed by atoms with Crippen LogP contribution >= 0.6 is 0 Å². The molecule has 2 aliphatic heterocycles. The van der Waals surface area contributed by atoms with E-state index in [9.17, 15) is 19.5 Å². The first-order valence-corrected chi connectivity index (χ1v) is 15.4. The molecule has 3 amide bonds. The number of hydrogen-bond acceptors (Lipinski definition) is 7. The van der Waals surface area contributed by atoms with Crippen LogP contribution in [0.15, 0.2) is 66.4 Å².